The van der Waals surface area contributed by atoms with Gasteiger partial charge in [-0.1, -0.05) is 12.1 Å². The Balaban J connectivity index is 1.51. The molecule has 1 atom stereocenters. The minimum atomic E-state index is -0.238. The van der Waals surface area contributed by atoms with Gasteiger partial charge < -0.3 is 11.1 Å². The van der Waals surface area contributed by atoms with Crippen LogP contribution in [0.25, 0.3) is 16.9 Å². The number of imidazole rings is 1. The average molecular weight is 390 g/mol. The molecule has 2 aromatic carbocycles. The van der Waals surface area contributed by atoms with Crippen molar-refractivity contribution in [3.05, 3.63) is 71.4 Å². The van der Waals surface area contributed by atoms with Crippen molar-refractivity contribution in [2.24, 2.45) is 5.73 Å². The molecule has 0 unspecified atom stereocenters. The summed E-state index contributed by atoms with van der Waals surface area (Å²) < 4.78 is 15.2. The molecule has 0 spiro atoms. The van der Waals surface area contributed by atoms with E-state index in [4.69, 9.17) is 5.73 Å². The molecule has 148 valence electrons. The summed E-state index contributed by atoms with van der Waals surface area (Å²) >= 11 is 0. The van der Waals surface area contributed by atoms with E-state index >= 15 is 0 Å². The molecule has 5 rings (SSSR count). The molecule has 0 aliphatic heterocycles. The smallest absolute Gasteiger partial charge is 0.160 e. The Morgan fingerprint density at radius 2 is 2.03 bits per heavy atom. The van der Waals surface area contributed by atoms with E-state index < -0.39 is 0 Å². The first-order valence-electron chi connectivity index (χ1n) is 9.90. The molecule has 1 saturated carbocycles. The van der Waals surface area contributed by atoms with Crippen LogP contribution in [0, 0.1) is 5.82 Å². The van der Waals surface area contributed by atoms with Crippen LogP contribution in [0.4, 0.5) is 10.1 Å². The second-order valence-corrected chi connectivity index (χ2v) is 7.69. The molecule has 6 nitrogen and oxygen atoms in total. The normalized spacial score (nSPS) is 15.0. The third-order valence-electron chi connectivity index (χ3n) is 5.58. The van der Waals surface area contributed by atoms with Gasteiger partial charge >= 0.3 is 0 Å². The van der Waals surface area contributed by atoms with Gasteiger partial charge in [-0.15, -0.1) is 0 Å². The SMILES string of the molecule is C[C@H](Nc1cc2c(cc1CN)ncn2-c1cc(C2CC2)[nH]n1)c1ccc(F)cc1. The van der Waals surface area contributed by atoms with Crippen molar-refractivity contribution in [2.45, 2.75) is 38.3 Å². The molecule has 7 heteroatoms. The number of aromatic amines is 1. The van der Waals surface area contributed by atoms with Crippen LogP contribution in [0.5, 0.6) is 0 Å². The van der Waals surface area contributed by atoms with Crippen molar-refractivity contribution in [2.75, 3.05) is 5.32 Å². The molecule has 2 heterocycles. The van der Waals surface area contributed by atoms with Crippen molar-refractivity contribution in [3.8, 4) is 5.82 Å². The highest BCUT2D eigenvalue weighted by atomic mass is 19.1. The van der Waals surface area contributed by atoms with Crippen LogP contribution < -0.4 is 11.1 Å². The lowest BCUT2D eigenvalue weighted by atomic mass is 10.1. The number of hydrogen-bond donors (Lipinski definition) is 3. The summed E-state index contributed by atoms with van der Waals surface area (Å²) in [5, 5.41) is 11.1. The van der Waals surface area contributed by atoms with E-state index in [0.29, 0.717) is 12.5 Å². The van der Waals surface area contributed by atoms with E-state index in [1.165, 1.54) is 30.7 Å². The van der Waals surface area contributed by atoms with Crippen molar-refractivity contribution in [3.63, 3.8) is 0 Å². The predicted octanol–water partition coefficient (Wildman–Crippen LogP) is 4.40. The van der Waals surface area contributed by atoms with Gasteiger partial charge in [0, 0.05) is 36.0 Å². The number of benzene rings is 2. The molecule has 4 aromatic rings. The number of nitrogens with two attached hydrogens (primary N) is 1. The minimum absolute atomic E-state index is 0.00146. The Kier molecular flexibility index (Phi) is 4.32. The van der Waals surface area contributed by atoms with Crippen LogP contribution in [0.15, 0.2) is 48.8 Å². The fraction of sp³-hybridized carbons (Fsp3) is 0.273. The topological polar surface area (TPSA) is 84.5 Å². The zero-order chi connectivity index (χ0) is 20.0. The van der Waals surface area contributed by atoms with Gasteiger partial charge in [0.1, 0.15) is 12.1 Å². The molecular formula is C22H23FN6. The highest BCUT2D eigenvalue weighted by Gasteiger charge is 2.26. The number of nitrogens with zero attached hydrogens (tertiary/aromatic N) is 3. The quantitative estimate of drug-likeness (QED) is 0.456. The molecule has 4 N–H and O–H groups in total. The lowest BCUT2D eigenvalue weighted by molar-refractivity contribution is 0.626. The average Bonchev–Trinajstić information content (AvgIpc) is 3.32. The van der Waals surface area contributed by atoms with E-state index in [-0.39, 0.29) is 11.9 Å². The van der Waals surface area contributed by atoms with Gasteiger partial charge in [-0.3, -0.25) is 9.67 Å². The number of halogens is 1. The molecule has 29 heavy (non-hydrogen) atoms. The largest absolute Gasteiger partial charge is 0.378 e. The Bertz CT molecular complexity index is 1160. The fourth-order valence-electron chi connectivity index (χ4n) is 3.70. The van der Waals surface area contributed by atoms with Crippen LogP contribution in [0.1, 0.15) is 48.5 Å². The summed E-state index contributed by atoms with van der Waals surface area (Å²) in [6.07, 6.45) is 4.24. The summed E-state index contributed by atoms with van der Waals surface area (Å²) in [5.74, 6) is 1.22. The summed E-state index contributed by atoms with van der Waals surface area (Å²) in [4.78, 5) is 4.55. The fourth-order valence-corrected chi connectivity index (χ4v) is 3.70. The van der Waals surface area contributed by atoms with E-state index in [1.54, 1.807) is 18.5 Å². The van der Waals surface area contributed by atoms with Crippen molar-refractivity contribution < 1.29 is 4.39 Å². The van der Waals surface area contributed by atoms with E-state index in [2.05, 4.69) is 32.6 Å². The van der Waals surface area contributed by atoms with Gasteiger partial charge in [0.25, 0.3) is 0 Å². The number of fused-ring (bicyclic) bond motifs is 1. The second-order valence-electron chi connectivity index (χ2n) is 7.69. The van der Waals surface area contributed by atoms with Gasteiger partial charge in [0.15, 0.2) is 5.82 Å². The highest BCUT2D eigenvalue weighted by molar-refractivity contribution is 5.83. The van der Waals surface area contributed by atoms with E-state index in [9.17, 15) is 4.39 Å². The minimum Gasteiger partial charge on any atom is -0.378 e. The maximum atomic E-state index is 13.2. The highest BCUT2D eigenvalue weighted by Crippen LogP contribution is 2.39. The number of nitrogens with one attached hydrogen (secondary N) is 2. The second kappa shape index (κ2) is 7.00. The summed E-state index contributed by atoms with van der Waals surface area (Å²) in [6.45, 7) is 2.44. The molecule has 1 aliphatic rings. The number of hydrogen-bond acceptors (Lipinski definition) is 4. The van der Waals surface area contributed by atoms with Gasteiger partial charge in [0.2, 0.25) is 0 Å². The van der Waals surface area contributed by atoms with Crippen LogP contribution >= 0.6 is 0 Å². The van der Waals surface area contributed by atoms with Crippen LogP contribution in [-0.2, 0) is 6.54 Å². The first-order valence-corrected chi connectivity index (χ1v) is 9.90. The van der Waals surface area contributed by atoms with E-state index in [0.717, 1.165) is 33.7 Å². The van der Waals surface area contributed by atoms with Gasteiger partial charge in [-0.05, 0) is 55.2 Å². The van der Waals surface area contributed by atoms with Crippen molar-refractivity contribution in [1.82, 2.24) is 19.7 Å². The molecular weight excluding hydrogens is 367 g/mol. The predicted molar refractivity (Wildman–Crippen MR) is 112 cm³/mol. The van der Waals surface area contributed by atoms with Gasteiger partial charge in [0.05, 0.1) is 11.0 Å². The number of anilines is 1. The van der Waals surface area contributed by atoms with Crippen LogP contribution in [-0.4, -0.2) is 19.7 Å². The Hall–Kier alpha value is -3.19. The van der Waals surface area contributed by atoms with Crippen LogP contribution in [0.2, 0.25) is 0 Å². The Morgan fingerprint density at radius 1 is 1.24 bits per heavy atom. The molecule has 0 bridgehead atoms. The Morgan fingerprint density at radius 3 is 2.76 bits per heavy atom. The van der Waals surface area contributed by atoms with Gasteiger partial charge in [-0.25, -0.2) is 9.37 Å². The molecule has 0 amide bonds. The molecule has 0 saturated heterocycles. The molecule has 0 radical (unpaired) electrons. The summed E-state index contributed by atoms with van der Waals surface area (Å²) in [7, 11) is 0. The van der Waals surface area contributed by atoms with Crippen molar-refractivity contribution >= 4 is 16.7 Å². The zero-order valence-corrected chi connectivity index (χ0v) is 16.2. The first kappa shape index (κ1) is 17.9. The molecule has 1 fully saturated rings. The monoisotopic (exact) mass is 390 g/mol. The third-order valence-corrected chi connectivity index (χ3v) is 5.58. The van der Waals surface area contributed by atoms with Crippen molar-refractivity contribution in [1.29, 1.82) is 0 Å². The first-order chi connectivity index (χ1) is 14.1. The standard InChI is InChI=1S/C22H23FN6/c1-13(14-4-6-17(23)7-5-14)26-18-9-21-20(8-16(18)11-24)25-12-29(21)22-10-19(27-28-22)15-2-3-15/h4-10,12-13,15,26H,2-3,11,24H2,1H3,(H,27,28)/t13-/m0/s1. The third kappa shape index (κ3) is 3.38. The van der Waals surface area contributed by atoms with Gasteiger partial charge in [-0.2, -0.15) is 5.10 Å². The lowest BCUT2D eigenvalue weighted by Gasteiger charge is -2.18. The maximum Gasteiger partial charge on any atom is 0.160 e. The summed E-state index contributed by atoms with van der Waals surface area (Å²) in [5.41, 5.74) is 11.9. The van der Waals surface area contributed by atoms with E-state index in [1.807, 2.05) is 17.6 Å². The Labute approximate surface area is 168 Å². The number of rotatable bonds is 6. The maximum absolute atomic E-state index is 13.2. The van der Waals surface area contributed by atoms with Crippen LogP contribution in [0.3, 0.4) is 0 Å². The lowest BCUT2D eigenvalue weighted by Crippen LogP contribution is -2.10. The number of H-pyrrole nitrogens is 1. The molecule has 2 aromatic heterocycles. The molecule has 1 aliphatic carbocycles. The zero-order valence-electron chi connectivity index (χ0n) is 16.2. The number of aromatic nitrogens is 4. The summed E-state index contributed by atoms with van der Waals surface area (Å²) in [6, 6.07) is 12.7.